The van der Waals surface area contributed by atoms with Crippen LogP contribution in [0, 0.1) is 6.92 Å². The normalized spacial score (nSPS) is 17.3. The maximum Gasteiger partial charge on any atom is 0.166 e. The summed E-state index contributed by atoms with van der Waals surface area (Å²) in [6, 6.07) is 8.34. The van der Waals surface area contributed by atoms with Crippen LogP contribution in [-0.2, 0) is 0 Å². The van der Waals surface area contributed by atoms with Gasteiger partial charge in [0.1, 0.15) is 0 Å². The van der Waals surface area contributed by atoms with E-state index in [1.165, 1.54) is 10.5 Å². The standard InChI is InChI=1S/C14H18N2S.ClH/c1-10-6-5-7-12(8-10)15-13-16-14(3,4)9-11(2)17-13;/h5-9H,1-4H3,(H,15,16);1H. The molecule has 4 heteroatoms. The molecule has 0 atom stereocenters. The number of rotatable bonds is 1. The lowest BCUT2D eigenvalue weighted by atomic mass is 10.1. The Bertz CT molecular complexity index is 492. The summed E-state index contributed by atoms with van der Waals surface area (Å²) in [6.07, 6.45) is 2.19. The van der Waals surface area contributed by atoms with E-state index in [0.29, 0.717) is 0 Å². The van der Waals surface area contributed by atoms with Crippen molar-refractivity contribution >= 4 is 35.0 Å². The third-order valence-corrected chi connectivity index (χ3v) is 3.30. The molecule has 2 rings (SSSR count). The average Bonchev–Trinajstić information content (AvgIpc) is 2.13. The van der Waals surface area contributed by atoms with Crippen LogP contribution < -0.4 is 5.32 Å². The molecular formula is C14H19ClN2S. The summed E-state index contributed by atoms with van der Waals surface area (Å²) in [5, 5.41) is 4.35. The molecule has 0 spiro atoms. The van der Waals surface area contributed by atoms with Gasteiger partial charge >= 0.3 is 0 Å². The highest BCUT2D eigenvalue weighted by atomic mass is 35.5. The number of thioether (sulfide) groups is 1. The van der Waals surface area contributed by atoms with Gasteiger partial charge in [-0.1, -0.05) is 23.9 Å². The Balaban J connectivity index is 0.00000162. The monoisotopic (exact) mass is 282 g/mol. The molecular weight excluding hydrogens is 264 g/mol. The Labute approximate surface area is 119 Å². The zero-order valence-corrected chi connectivity index (χ0v) is 12.8. The number of aliphatic imine (C=N–C) groups is 1. The number of aryl methyl sites for hydroxylation is 1. The lowest BCUT2D eigenvalue weighted by molar-refractivity contribution is 0.656. The number of nitrogens with one attached hydrogen (secondary N) is 1. The summed E-state index contributed by atoms with van der Waals surface area (Å²) < 4.78 is 0. The number of anilines is 1. The van der Waals surface area contributed by atoms with Crippen molar-refractivity contribution < 1.29 is 0 Å². The number of nitrogens with zero attached hydrogens (tertiary/aromatic N) is 1. The summed E-state index contributed by atoms with van der Waals surface area (Å²) in [5.74, 6) is 0. The maximum absolute atomic E-state index is 4.68. The van der Waals surface area contributed by atoms with Crippen LogP contribution in [-0.4, -0.2) is 10.7 Å². The first-order valence-corrected chi connectivity index (χ1v) is 6.57. The highest BCUT2D eigenvalue weighted by Gasteiger charge is 2.20. The summed E-state index contributed by atoms with van der Waals surface area (Å²) >= 11 is 1.69. The van der Waals surface area contributed by atoms with Gasteiger partial charge in [-0.15, -0.1) is 12.4 Å². The van der Waals surface area contributed by atoms with Crippen molar-refractivity contribution in [1.82, 2.24) is 0 Å². The second kappa shape index (κ2) is 5.81. The van der Waals surface area contributed by atoms with Gasteiger partial charge in [0.25, 0.3) is 0 Å². The lowest BCUT2D eigenvalue weighted by Crippen LogP contribution is -2.23. The smallest absolute Gasteiger partial charge is 0.166 e. The fraction of sp³-hybridized carbons (Fsp3) is 0.357. The van der Waals surface area contributed by atoms with Crippen LogP contribution in [0.3, 0.4) is 0 Å². The first kappa shape index (κ1) is 15.1. The maximum atomic E-state index is 4.68. The molecule has 0 bridgehead atoms. The molecule has 1 aromatic carbocycles. The van der Waals surface area contributed by atoms with E-state index < -0.39 is 0 Å². The van der Waals surface area contributed by atoms with Gasteiger partial charge in [-0.2, -0.15) is 0 Å². The predicted molar refractivity (Wildman–Crippen MR) is 84.9 cm³/mol. The number of benzene rings is 1. The molecule has 1 heterocycles. The molecule has 0 amide bonds. The molecule has 1 aromatic rings. The molecule has 0 fully saturated rings. The predicted octanol–water partition coefficient (Wildman–Crippen LogP) is 4.61. The van der Waals surface area contributed by atoms with Crippen molar-refractivity contribution in [3.05, 3.63) is 40.8 Å². The molecule has 0 radical (unpaired) electrons. The van der Waals surface area contributed by atoms with Crippen molar-refractivity contribution in [2.75, 3.05) is 5.32 Å². The number of hydrogen-bond acceptors (Lipinski definition) is 3. The SMILES string of the molecule is CC1=CC(C)(C)N=C(Nc2cccc(C)c2)S1.Cl. The Kier molecular flexibility index (Phi) is 4.88. The third-order valence-electron chi connectivity index (χ3n) is 2.47. The minimum Gasteiger partial charge on any atom is -0.335 e. The first-order valence-electron chi connectivity index (χ1n) is 5.75. The second-order valence-corrected chi connectivity index (χ2v) is 6.16. The Morgan fingerprint density at radius 2 is 1.94 bits per heavy atom. The summed E-state index contributed by atoms with van der Waals surface area (Å²) in [7, 11) is 0. The molecule has 0 saturated carbocycles. The zero-order chi connectivity index (χ0) is 12.5. The van der Waals surface area contributed by atoms with Crippen LogP contribution in [0.25, 0.3) is 0 Å². The van der Waals surface area contributed by atoms with Crippen molar-refractivity contribution in [2.45, 2.75) is 33.2 Å². The summed E-state index contributed by atoms with van der Waals surface area (Å²) in [4.78, 5) is 5.97. The van der Waals surface area contributed by atoms with Crippen molar-refractivity contribution in [3.63, 3.8) is 0 Å². The van der Waals surface area contributed by atoms with E-state index in [1.54, 1.807) is 11.8 Å². The van der Waals surface area contributed by atoms with E-state index in [1.807, 2.05) is 0 Å². The lowest BCUT2D eigenvalue weighted by Gasteiger charge is -2.24. The molecule has 0 unspecified atom stereocenters. The van der Waals surface area contributed by atoms with E-state index in [0.717, 1.165) is 10.9 Å². The number of hydrogen-bond donors (Lipinski definition) is 1. The highest BCUT2D eigenvalue weighted by Crippen LogP contribution is 2.30. The van der Waals surface area contributed by atoms with Gasteiger partial charge in [0.15, 0.2) is 5.17 Å². The van der Waals surface area contributed by atoms with E-state index in [2.05, 4.69) is 68.3 Å². The van der Waals surface area contributed by atoms with Crippen LogP contribution >= 0.6 is 24.2 Å². The van der Waals surface area contributed by atoms with Crippen molar-refractivity contribution in [1.29, 1.82) is 0 Å². The molecule has 18 heavy (non-hydrogen) atoms. The number of allylic oxidation sites excluding steroid dienone is 1. The van der Waals surface area contributed by atoms with E-state index in [9.17, 15) is 0 Å². The minimum atomic E-state index is -0.110. The van der Waals surface area contributed by atoms with Crippen LogP contribution in [0.2, 0.25) is 0 Å². The quantitative estimate of drug-likeness (QED) is 0.813. The van der Waals surface area contributed by atoms with Gasteiger partial charge in [0, 0.05) is 5.69 Å². The molecule has 1 aliphatic rings. The van der Waals surface area contributed by atoms with Gasteiger partial charge in [0.05, 0.1) is 5.54 Å². The van der Waals surface area contributed by atoms with E-state index in [4.69, 9.17) is 0 Å². The third kappa shape index (κ3) is 4.07. The van der Waals surface area contributed by atoms with E-state index in [-0.39, 0.29) is 17.9 Å². The molecule has 98 valence electrons. The highest BCUT2D eigenvalue weighted by molar-refractivity contribution is 8.17. The van der Waals surface area contributed by atoms with E-state index >= 15 is 0 Å². The number of halogens is 1. The van der Waals surface area contributed by atoms with Crippen molar-refractivity contribution in [2.24, 2.45) is 4.99 Å². The van der Waals surface area contributed by atoms with Crippen molar-refractivity contribution in [3.8, 4) is 0 Å². The molecule has 1 N–H and O–H groups in total. The second-order valence-electron chi connectivity index (χ2n) is 4.92. The van der Waals surface area contributed by atoms with Gasteiger partial charge < -0.3 is 5.32 Å². The summed E-state index contributed by atoms with van der Waals surface area (Å²) in [6.45, 7) is 8.46. The van der Waals surface area contributed by atoms with Gasteiger partial charge in [-0.05, 0) is 56.4 Å². The molecule has 1 aliphatic heterocycles. The number of amidine groups is 1. The summed E-state index contributed by atoms with van der Waals surface area (Å²) in [5.41, 5.74) is 2.24. The van der Waals surface area contributed by atoms with Gasteiger partial charge in [-0.3, -0.25) is 4.99 Å². The largest absolute Gasteiger partial charge is 0.335 e. The van der Waals surface area contributed by atoms with Crippen LogP contribution in [0.4, 0.5) is 5.69 Å². The Morgan fingerprint density at radius 3 is 2.56 bits per heavy atom. The molecule has 0 aromatic heterocycles. The zero-order valence-electron chi connectivity index (χ0n) is 11.2. The molecule has 2 nitrogen and oxygen atoms in total. The topological polar surface area (TPSA) is 24.4 Å². The fourth-order valence-electron chi connectivity index (χ4n) is 1.90. The average molecular weight is 283 g/mol. The van der Waals surface area contributed by atoms with Gasteiger partial charge in [0.2, 0.25) is 0 Å². The fourth-order valence-corrected chi connectivity index (χ4v) is 3.00. The Hall–Kier alpha value is -0.930. The van der Waals surface area contributed by atoms with Gasteiger partial charge in [-0.25, -0.2) is 0 Å². The molecule has 0 saturated heterocycles. The van der Waals surface area contributed by atoms with Crippen LogP contribution in [0.15, 0.2) is 40.2 Å². The first-order chi connectivity index (χ1) is 7.94. The van der Waals surface area contributed by atoms with Crippen LogP contribution in [0.5, 0.6) is 0 Å². The Morgan fingerprint density at radius 1 is 1.22 bits per heavy atom. The molecule has 0 aliphatic carbocycles. The van der Waals surface area contributed by atoms with Crippen LogP contribution in [0.1, 0.15) is 26.3 Å². The minimum absolute atomic E-state index is 0.